The van der Waals surface area contributed by atoms with E-state index in [1.807, 2.05) is 0 Å². The summed E-state index contributed by atoms with van der Waals surface area (Å²) in [5, 5.41) is 23.1. The number of hydrogen-bond donors (Lipinski definition) is 3. The molecule has 1 aromatic heterocycles. The Morgan fingerprint density at radius 1 is 1.21 bits per heavy atom. The molecule has 158 valence electrons. The van der Waals surface area contributed by atoms with E-state index in [1.165, 1.54) is 42.9 Å². The van der Waals surface area contributed by atoms with Crippen LogP contribution >= 0.6 is 12.4 Å². The summed E-state index contributed by atoms with van der Waals surface area (Å²) < 4.78 is 28.6. The average molecular weight is 444 g/mol. The number of aromatic nitrogens is 2. The Morgan fingerprint density at radius 3 is 2.48 bits per heavy atom. The van der Waals surface area contributed by atoms with Gasteiger partial charge in [-0.25, -0.2) is 13.4 Å². The number of rotatable bonds is 6. The first-order valence-corrected chi connectivity index (χ1v) is 10.5. The van der Waals surface area contributed by atoms with E-state index in [0.29, 0.717) is 12.2 Å². The molecule has 1 amide bonds. The predicted molar refractivity (Wildman–Crippen MR) is 106 cm³/mol. The highest BCUT2D eigenvalue weighted by molar-refractivity contribution is 7.90. The van der Waals surface area contributed by atoms with Gasteiger partial charge in [0.25, 0.3) is 5.91 Å². The van der Waals surface area contributed by atoms with Gasteiger partial charge in [0.1, 0.15) is 17.5 Å². The zero-order valence-corrected chi connectivity index (χ0v) is 17.1. The molecule has 1 aromatic carbocycles. The van der Waals surface area contributed by atoms with E-state index in [2.05, 4.69) is 15.3 Å². The van der Waals surface area contributed by atoms with Crippen molar-refractivity contribution in [3.8, 4) is 5.75 Å². The fraction of sp³-hybridized carbons (Fsp3) is 0.389. The molecule has 11 heteroatoms. The second-order valence-electron chi connectivity index (χ2n) is 6.70. The number of hydrogen-bond acceptors (Lipinski definition) is 8. The van der Waals surface area contributed by atoms with Crippen LogP contribution in [0.1, 0.15) is 16.9 Å². The van der Waals surface area contributed by atoms with Gasteiger partial charge >= 0.3 is 0 Å². The highest BCUT2D eigenvalue weighted by Crippen LogP contribution is 2.28. The van der Waals surface area contributed by atoms with Gasteiger partial charge in [-0.2, -0.15) is 0 Å². The van der Waals surface area contributed by atoms with Gasteiger partial charge in [0.15, 0.2) is 9.84 Å². The Hall–Kier alpha value is -2.27. The molecular formula is C18H22ClN3O6S. The molecule has 4 atom stereocenters. The van der Waals surface area contributed by atoms with Crippen molar-refractivity contribution in [1.82, 2.24) is 15.3 Å². The van der Waals surface area contributed by atoms with Gasteiger partial charge in [0.2, 0.25) is 0 Å². The van der Waals surface area contributed by atoms with Crippen molar-refractivity contribution in [3.63, 3.8) is 0 Å². The number of nitrogens with zero attached hydrogens (tertiary/aromatic N) is 2. The summed E-state index contributed by atoms with van der Waals surface area (Å²) in [5.41, 5.74) is 0.120. The summed E-state index contributed by atoms with van der Waals surface area (Å²) in [6.45, 7) is 0.105. The molecule has 0 bridgehead atoms. The van der Waals surface area contributed by atoms with Gasteiger partial charge in [0, 0.05) is 24.6 Å². The first-order chi connectivity index (χ1) is 13.3. The highest BCUT2D eigenvalue weighted by atomic mass is 35.5. The standard InChI is InChI=1S/C18H21N3O6S.ClH/c1-28(25,26)13-4-2-12(3-5-13)27-10-11-8-14(17(23)16(11)22)21-18(24)15-9-19-6-7-20-15;/h2-7,9,11,14,16-17,22-23H,8,10H2,1H3,(H,21,24);1H/t11-,14-,16-,17+;/m1./s1. The van der Waals surface area contributed by atoms with Crippen molar-refractivity contribution in [2.24, 2.45) is 5.92 Å². The van der Waals surface area contributed by atoms with E-state index in [9.17, 15) is 23.4 Å². The maximum absolute atomic E-state index is 12.2. The van der Waals surface area contributed by atoms with E-state index in [1.54, 1.807) is 0 Å². The Kier molecular flexibility index (Phi) is 7.53. The predicted octanol–water partition coefficient (Wildman–Crippen LogP) is 0.221. The molecule has 0 aliphatic heterocycles. The summed E-state index contributed by atoms with van der Waals surface area (Å²) in [6, 6.07) is 5.29. The number of carbonyl (C=O) groups excluding carboxylic acids is 1. The van der Waals surface area contributed by atoms with E-state index in [4.69, 9.17) is 4.74 Å². The third-order valence-corrected chi connectivity index (χ3v) is 5.76. The fourth-order valence-electron chi connectivity index (χ4n) is 3.08. The summed E-state index contributed by atoms with van der Waals surface area (Å²) >= 11 is 0. The van der Waals surface area contributed by atoms with Gasteiger partial charge < -0.3 is 20.3 Å². The molecule has 3 N–H and O–H groups in total. The van der Waals surface area contributed by atoms with Crippen LogP contribution in [0.2, 0.25) is 0 Å². The second-order valence-corrected chi connectivity index (χ2v) is 8.72. The zero-order valence-electron chi connectivity index (χ0n) is 15.5. The molecule has 3 rings (SSSR count). The summed E-state index contributed by atoms with van der Waals surface area (Å²) in [5.74, 6) is -0.444. The van der Waals surface area contributed by atoms with Gasteiger partial charge in [-0.05, 0) is 30.7 Å². The number of aliphatic hydroxyl groups excluding tert-OH is 2. The summed E-state index contributed by atoms with van der Waals surface area (Å²) in [4.78, 5) is 20.1. The number of benzene rings is 1. The minimum absolute atomic E-state index is 0. The number of ether oxygens (including phenoxy) is 1. The van der Waals surface area contributed by atoms with E-state index >= 15 is 0 Å². The van der Waals surface area contributed by atoms with Gasteiger partial charge in [-0.15, -0.1) is 12.4 Å². The number of sulfone groups is 1. The van der Waals surface area contributed by atoms with Crippen LogP contribution in [-0.4, -0.2) is 65.6 Å². The van der Waals surface area contributed by atoms with Crippen molar-refractivity contribution < 1.29 is 28.2 Å². The van der Waals surface area contributed by atoms with E-state index in [-0.39, 0.29) is 29.6 Å². The van der Waals surface area contributed by atoms with E-state index in [0.717, 1.165) is 6.26 Å². The monoisotopic (exact) mass is 443 g/mol. The fourth-order valence-corrected chi connectivity index (χ4v) is 3.71. The molecule has 9 nitrogen and oxygen atoms in total. The molecular weight excluding hydrogens is 422 g/mol. The van der Waals surface area contributed by atoms with Gasteiger partial charge in [-0.3, -0.25) is 9.78 Å². The van der Waals surface area contributed by atoms with Gasteiger partial charge in [0.05, 0.1) is 29.8 Å². The molecule has 2 aromatic rings. The maximum Gasteiger partial charge on any atom is 0.271 e. The highest BCUT2D eigenvalue weighted by Gasteiger charge is 2.42. The van der Waals surface area contributed by atoms with Crippen LogP contribution in [0, 0.1) is 5.92 Å². The Morgan fingerprint density at radius 2 is 1.90 bits per heavy atom. The lowest BCUT2D eigenvalue weighted by Crippen LogP contribution is -2.43. The van der Waals surface area contributed by atoms with Crippen LogP contribution in [0.15, 0.2) is 47.8 Å². The topological polar surface area (TPSA) is 139 Å². The number of carbonyl (C=O) groups is 1. The van der Waals surface area contributed by atoms with Crippen molar-refractivity contribution in [2.75, 3.05) is 12.9 Å². The van der Waals surface area contributed by atoms with Crippen LogP contribution in [0.5, 0.6) is 5.75 Å². The smallest absolute Gasteiger partial charge is 0.271 e. The third kappa shape index (κ3) is 5.63. The van der Waals surface area contributed by atoms with Crippen LogP contribution < -0.4 is 10.1 Å². The molecule has 29 heavy (non-hydrogen) atoms. The second kappa shape index (κ2) is 9.49. The largest absolute Gasteiger partial charge is 0.493 e. The lowest BCUT2D eigenvalue weighted by molar-refractivity contribution is 0.00250. The number of aliphatic hydroxyl groups is 2. The quantitative estimate of drug-likeness (QED) is 0.576. The SMILES string of the molecule is CS(=O)(=O)c1ccc(OC[C@H]2C[C@@H](NC(=O)c3cnccn3)[C@H](O)[C@@H]2O)cc1.Cl. The molecule has 0 saturated heterocycles. The van der Waals surface area contributed by atoms with Crippen LogP contribution in [0.3, 0.4) is 0 Å². The number of amides is 1. The molecule has 0 unspecified atom stereocenters. The number of nitrogens with one attached hydrogen (secondary N) is 1. The third-order valence-electron chi connectivity index (χ3n) is 4.63. The summed E-state index contributed by atoms with van der Waals surface area (Å²) in [6.07, 6.45) is 3.38. The zero-order chi connectivity index (χ0) is 20.3. The molecule has 1 saturated carbocycles. The molecule has 0 radical (unpaired) electrons. The van der Waals surface area contributed by atoms with E-state index < -0.39 is 39.9 Å². The Labute approximate surface area is 174 Å². The Bertz CT molecular complexity index is 926. The lowest BCUT2D eigenvalue weighted by atomic mass is 10.1. The number of halogens is 1. The van der Waals surface area contributed by atoms with Crippen LogP contribution in [0.25, 0.3) is 0 Å². The van der Waals surface area contributed by atoms with Gasteiger partial charge in [-0.1, -0.05) is 0 Å². The Balaban J connectivity index is 0.00000300. The van der Waals surface area contributed by atoms with Crippen molar-refractivity contribution in [2.45, 2.75) is 29.6 Å². The average Bonchev–Trinajstić information content (AvgIpc) is 2.94. The maximum atomic E-state index is 12.2. The first-order valence-electron chi connectivity index (χ1n) is 8.61. The van der Waals surface area contributed by atoms with Crippen molar-refractivity contribution >= 4 is 28.2 Å². The lowest BCUT2D eigenvalue weighted by Gasteiger charge is -2.18. The summed E-state index contributed by atoms with van der Waals surface area (Å²) in [7, 11) is -3.29. The van der Waals surface area contributed by atoms with Crippen LogP contribution in [-0.2, 0) is 9.84 Å². The van der Waals surface area contributed by atoms with Crippen molar-refractivity contribution in [1.29, 1.82) is 0 Å². The molecule has 1 heterocycles. The van der Waals surface area contributed by atoms with Crippen LogP contribution in [0.4, 0.5) is 0 Å². The van der Waals surface area contributed by atoms with Crippen molar-refractivity contribution in [3.05, 3.63) is 48.5 Å². The first kappa shape index (κ1) is 23.0. The normalized spacial score (nSPS) is 23.8. The molecule has 1 aliphatic rings. The molecule has 1 aliphatic carbocycles. The molecule has 1 fully saturated rings. The molecule has 0 spiro atoms. The minimum Gasteiger partial charge on any atom is -0.493 e. The minimum atomic E-state index is -3.29.